The van der Waals surface area contributed by atoms with E-state index in [0.717, 1.165) is 11.1 Å². The second kappa shape index (κ2) is 12.7. The van der Waals surface area contributed by atoms with Crippen LogP contribution in [0.1, 0.15) is 23.6 Å². The Morgan fingerprint density at radius 1 is 1.05 bits per heavy atom. The number of nitrogens with one attached hydrogen (secondary N) is 2. The smallest absolute Gasteiger partial charge is 0.266 e. The summed E-state index contributed by atoms with van der Waals surface area (Å²) in [7, 11) is 0. The van der Waals surface area contributed by atoms with Gasteiger partial charge in [0.1, 0.15) is 17.5 Å². The van der Waals surface area contributed by atoms with E-state index in [2.05, 4.69) is 26.6 Å². The lowest BCUT2D eigenvalue weighted by Gasteiger charge is -2.15. The summed E-state index contributed by atoms with van der Waals surface area (Å²) in [5, 5.41) is 14.9. The maximum atomic E-state index is 13.1. The van der Waals surface area contributed by atoms with Crippen molar-refractivity contribution in [3.8, 4) is 17.6 Å². The van der Waals surface area contributed by atoms with Crippen molar-refractivity contribution in [1.82, 2.24) is 0 Å². The Kier molecular flexibility index (Phi) is 9.41. The molecule has 0 bridgehead atoms. The summed E-state index contributed by atoms with van der Waals surface area (Å²) >= 11 is 3.43. The molecule has 0 atom stereocenters. The van der Waals surface area contributed by atoms with Gasteiger partial charge in [-0.3, -0.25) is 9.59 Å². The van der Waals surface area contributed by atoms with Gasteiger partial charge < -0.3 is 20.1 Å². The number of hydrogen-bond acceptors (Lipinski definition) is 5. The molecular weight excluding hydrogens is 541 g/mol. The highest BCUT2D eigenvalue weighted by Crippen LogP contribution is 2.37. The van der Waals surface area contributed by atoms with Crippen LogP contribution >= 0.6 is 15.9 Å². The molecule has 0 fully saturated rings. The number of ether oxygens (including phenoxy) is 2. The molecule has 7 nitrogen and oxygen atoms in total. The molecule has 0 radical (unpaired) electrons. The lowest BCUT2D eigenvalue weighted by atomic mass is 10.1. The van der Waals surface area contributed by atoms with Gasteiger partial charge in [0.05, 0.1) is 11.1 Å². The van der Waals surface area contributed by atoms with Gasteiger partial charge in [0, 0.05) is 11.4 Å². The number of amides is 2. The van der Waals surface area contributed by atoms with Gasteiger partial charge in [-0.2, -0.15) is 5.26 Å². The summed E-state index contributed by atoms with van der Waals surface area (Å²) in [6.45, 7) is 5.70. The largest absolute Gasteiger partial charge is 0.490 e. The monoisotopic (exact) mass is 565 g/mol. The zero-order chi connectivity index (χ0) is 26.9. The van der Waals surface area contributed by atoms with Crippen LogP contribution in [0.15, 0.2) is 64.6 Å². The van der Waals surface area contributed by atoms with E-state index in [0.29, 0.717) is 39.5 Å². The van der Waals surface area contributed by atoms with E-state index in [1.807, 2.05) is 38.1 Å². The summed E-state index contributed by atoms with van der Waals surface area (Å²) in [6.07, 6.45) is 1.39. The fraction of sp³-hybridized carbons (Fsp3) is 0.179. The number of carbonyl (C=O) groups is 2. The minimum absolute atomic E-state index is 0.166. The molecular formula is C28H25BrFN3O4. The number of nitriles is 1. The van der Waals surface area contributed by atoms with E-state index < -0.39 is 11.7 Å². The van der Waals surface area contributed by atoms with Gasteiger partial charge in [-0.15, -0.1) is 0 Å². The lowest BCUT2D eigenvalue weighted by Crippen LogP contribution is -2.21. The first-order chi connectivity index (χ1) is 17.7. The highest BCUT2D eigenvalue weighted by molar-refractivity contribution is 9.10. The number of aryl methyl sites for hydroxylation is 2. The minimum atomic E-state index is -0.647. The Morgan fingerprint density at radius 2 is 1.78 bits per heavy atom. The zero-order valence-corrected chi connectivity index (χ0v) is 22.1. The molecule has 0 aliphatic heterocycles. The topological polar surface area (TPSA) is 100 Å². The quantitative estimate of drug-likeness (QED) is 0.239. The SMILES string of the molecule is CCOc1cc(/C=C(\C#N)C(=O)Nc2ccc(F)cc2)cc(Br)c1OCC(=O)Nc1cc(C)ccc1C. The van der Waals surface area contributed by atoms with Crippen LogP contribution in [0, 0.1) is 31.0 Å². The van der Waals surface area contributed by atoms with Gasteiger partial charge >= 0.3 is 0 Å². The molecule has 2 amide bonds. The molecule has 0 aliphatic carbocycles. The highest BCUT2D eigenvalue weighted by Gasteiger charge is 2.16. The van der Waals surface area contributed by atoms with Crippen molar-refractivity contribution in [1.29, 1.82) is 5.26 Å². The zero-order valence-electron chi connectivity index (χ0n) is 20.5. The van der Waals surface area contributed by atoms with E-state index in [1.54, 1.807) is 19.1 Å². The van der Waals surface area contributed by atoms with Crippen LogP contribution in [-0.2, 0) is 9.59 Å². The van der Waals surface area contributed by atoms with Crippen LogP contribution in [-0.4, -0.2) is 25.0 Å². The molecule has 0 heterocycles. The minimum Gasteiger partial charge on any atom is -0.490 e. The third-order valence-corrected chi connectivity index (χ3v) is 5.71. The second-order valence-corrected chi connectivity index (χ2v) is 8.90. The molecule has 0 aliphatic rings. The predicted octanol–water partition coefficient (Wildman–Crippen LogP) is 6.17. The third-order valence-electron chi connectivity index (χ3n) is 5.12. The predicted molar refractivity (Wildman–Crippen MR) is 144 cm³/mol. The molecule has 9 heteroatoms. The molecule has 37 heavy (non-hydrogen) atoms. The average molecular weight is 566 g/mol. The first-order valence-electron chi connectivity index (χ1n) is 11.3. The molecule has 2 N–H and O–H groups in total. The number of halogens is 2. The molecule has 190 valence electrons. The first-order valence-corrected chi connectivity index (χ1v) is 12.1. The standard InChI is InChI=1S/C28H25BrFN3O4/c1-4-36-25-14-19(12-20(15-31)28(35)32-22-9-7-21(30)8-10-22)13-23(29)27(25)37-16-26(34)33-24-11-17(2)5-6-18(24)3/h5-14H,4,16H2,1-3H3,(H,32,35)(H,33,34)/b20-12+. The number of anilines is 2. The van der Waals surface area contributed by atoms with E-state index in [9.17, 15) is 19.2 Å². The van der Waals surface area contributed by atoms with Gasteiger partial charge in [0.2, 0.25) is 0 Å². The molecule has 0 aromatic heterocycles. The van der Waals surface area contributed by atoms with Crippen LogP contribution < -0.4 is 20.1 Å². The Hall–Kier alpha value is -4.16. The summed E-state index contributed by atoms with van der Waals surface area (Å²) in [4.78, 5) is 25.1. The Balaban J connectivity index is 1.77. The van der Waals surface area contributed by atoms with Crippen LogP contribution in [0.25, 0.3) is 6.08 Å². The molecule has 3 aromatic carbocycles. The van der Waals surface area contributed by atoms with Crippen molar-refractivity contribution in [2.24, 2.45) is 0 Å². The summed E-state index contributed by atoms with van der Waals surface area (Å²) in [6, 6.07) is 16.1. The second-order valence-electron chi connectivity index (χ2n) is 8.05. The summed E-state index contributed by atoms with van der Waals surface area (Å²) < 4.78 is 25.0. The fourth-order valence-electron chi connectivity index (χ4n) is 3.32. The Morgan fingerprint density at radius 3 is 2.46 bits per heavy atom. The lowest BCUT2D eigenvalue weighted by molar-refractivity contribution is -0.118. The average Bonchev–Trinajstić information content (AvgIpc) is 2.85. The Bertz CT molecular complexity index is 1380. The maximum absolute atomic E-state index is 13.1. The van der Waals surface area contributed by atoms with Crippen molar-refractivity contribution >= 4 is 45.2 Å². The van der Waals surface area contributed by atoms with Gasteiger partial charge in [-0.1, -0.05) is 12.1 Å². The molecule has 3 rings (SSSR count). The van der Waals surface area contributed by atoms with E-state index in [4.69, 9.17) is 9.47 Å². The molecule has 0 unspecified atom stereocenters. The van der Waals surface area contributed by atoms with Crippen molar-refractivity contribution in [3.05, 3.63) is 87.2 Å². The molecule has 0 saturated heterocycles. The molecule has 0 saturated carbocycles. The highest BCUT2D eigenvalue weighted by atomic mass is 79.9. The van der Waals surface area contributed by atoms with Crippen LogP contribution in [0.2, 0.25) is 0 Å². The van der Waals surface area contributed by atoms with Crippen LogP contribution in [0.4, 0.5) is 15.8 Å². The number of hydrogen-bond donors (Lipinski definition) is 2. The summed E-state index contributed by atoms with van der Waals surface area (Å²) in [5.74, 6) is -0.779. The van der Waals surface area contributed by atoms with Gasteiger partial charge in [-0.25, -0.2) is 4.39 Å². The number of rotatable bonds is 9. The third kappa shape index (κ3) is 7.66. The van der Waals surface area contributed by atoms with Crippen molar-refractivity contribution in [2.75, 3.05) is 23.8 Å². The first kappa shape index (κ1) is 27.4. The van der Waals surface area contributed by atoms with Gasteiger partial charge in [-0.05, 0) is 102 Å². The van der Waals surface area contributed by atoms with Gasteiger partial charge in [0.25, 0.3) is 11.8 Å². The normalized spacial score (nSPS) is 10.9. The van der Waals surface area contributed by atoms with Crippen molar-refractivity contribution < 1.29 is 23.5 Å². The molecule has 0 spiro atoms. The van der Waals surface area contributed by atoms with E-state index in [1.165, 1.54) is 30.3 Å². The number of benzene rings is 3. The van der Waals surface area contributed by atoms with Crippen LogP contribution in [0.3, 0.4) is 0 Å². The number of nitrogens with zero attached hydrogens (tertiary/aromatic N) is 1. The molecule has 3 aromatic rings. The summed E-state index contributed by atoms with van der Waals surface area (Å²) in [5.41, 5.74) is 3.35. The van der Waals surface area contributed by atoms with Crippen molar-refractivity contribution in [2.45, 2.75) is 20.8 Å². The fourth-order valence-corrected chi connectivity index (χ4v) is 3.89. The Labute approximate surface area is 223 Å². The van der Waals surface area contributed by atoms with Crippen LogP contribution in [0.5, 0.6) is 11.5 Å². The maximum Gasteiger partial charge on any atom is 0.266 e. The van der Waals surface area contributed by atoms with Gasteiger partial charge in [0.15, 0.2) is 18.1 Å². The number of carbonyl (C=O) groups excluding carboxylic acids is 2. The van der Waals surface area contributed by atoms with E-state index >= 15 is 0 Å². The van der Waals surface area contributed by atoms with Crippen molar-refractivity contribution in [3.63, 3.8) is 0 Å². The van der Waals surface area contributed by atoms with E-state index in [-0.39, 0.29) is 18.1 Å².